The van der Waals surface area contributed by atoms with Gasteiger partial charge in [0.2, 0.25) is 5.91 Å². The quantitative estimate of drug-likeness (QED) is 0.890. The van der Waals surface area contributed by atoms with E-state index >= 15 is 0 Å². The highest BCUT2D eigenvalue weighted by molar-refractivity contribution is 7.10. The summed E-state index contributed by atoms with van der Waals surface area (Å²) in [5, 5.41) is 7.27. The molecule has 0 aliphatic rings. The molecule has 110 valence electrons. The van der Waals surface area contributed by atoms with Crippen molar-refractivity contribution in [2.75, 3.05) is 19.5 Å². The van der Waals surface area contributed by atoms with Crippen LogP contribution in [0.1, 0.15) is 15.2 Å². The van der Waals surface area contributed by atoms with Gasteiger partial charge in [0, 0.05) is 17.5 Å². The van der Waals surface area contributed by atoms with Crippen molar-refractivity contribution in [3.8, 4) is 5.75 Å². The van der Waals surface area contributed by atoms with Crippen molar-refractivity contribution < 1.29 is 14.3 Å². The maximum absolute atomic E-state index is 12.0. The molecule has 1 heterocycles. The number of hydrogen-bond donors (Lipinski definition) is 2. The molecular formula is C15H16N2O3S. The summed E-state index contributed by atoms with van der Waals surface area (Å²) in [6.45, 7) is 0. The van der Waals surface area contributed by atoms with Crippen LogP contribution in [-0.4, -0.2) is 26.0 Å². The molecule has 21 heavy (non-hydrogen) atoms. The van der Waals surface area contributed by atoms with Crippen LogP contribution in [0.3, 0.4) is 0 Å². The number of ether oxygens (including phenoxy) is 1. The summed E-state index contributed by atoms with van der Waals surface area (Å²) in [5.74, 6) is 0.129. The summed E-state index contributed by atoms with van der Waals surface area (Å²) < 4.78 is 5.22. The van der Waals surface area contributed by atoms with Gasteiger partial charge in [-0.2, -0.15) is 0 Å². The molecule has 0 aliphatic carbocycles. The number of rotatable bonds is 5. The number of hydrogen-bond acceptors (Lipinski definition) is 4. The van der Waals surface area contributed by atoms with Gasteiger partial charge in [-0.1, -0.05) is 6.07 Å². The highest BCUT2D eigenvalue weighted by Crippen LogP contribution is 2.26. The molecule has 2 rings (SSSR count). The lowest BCUT2D eigenvalue weighted by Gasteiger charge is -2.11. The monoisotopic (exact) mass is 304 g/mol. The van der Waals surface area contributed by atoms with Gasteiger partial charge in [0.15, 0.2) is 0 Å². The molecule has 6 heteroatoms. The lowest BCUT2D eigenvalue weighted by atomic mass is 10.1. The van der Waals surface area contributed by atoms with Gasteiger partial charge in [0.05, 0.1) is 19.2 Å². The molecule has 1 aromatic heterocycles. The van der Waals surface area contributed by atoms with Crippen molar-refractivity contribution in [2.45, 2.75) is 6.42 Å². The minimum atomic E-state index is -0.204. The van der Waals surface area contributed by atoms with E-state index in [-0.39, 0.29) is 11.8 Å². The molecule has 1 aromatic carbocycles. The first-order valence-corrected chi connectivity index (χ1v) is 7.24. The molecule has 0 aliphatic heterocycles. The Balaban J connectivity index is 2.12. The van der Waals surface area contributed by atoms with Crippen molar-refractivity contribution in [1.29, 1.82) is 0 Å². The van der Waals surface area contributed by atoms with Crippen molar-refractivity contribution in [3.05, 3.63) is 46.2 Å². The number of carbonyl (C=O) groups is 2. The predicted molar refractivity (Wildman–Crippen MR) is 83.0 cm³/mol. The van der Waals surface area contributed by atoms with Crippen LogP contribution < -0.4 is 15.4 Å². The molecular weight excluding hydrogens is 288 g/mol. The molecule has 2 aromatic rings. The topological polar surface area (TPSA) is 67.4 Å². The summed E-state index contributed by atoms with van der Waals surface area (Å²) in [4.78, 5) is 24.6. The van der Waals surface area contributed by atoms with Crippen molar-refractivity contribution in [2.24, 2.45) is 0 Å². The lowest BCUT2D eigenvalue weighted by molar-refractivity contribution is -0.115. The maximum atomic E-state index is 12.0. The van der Waals surface area contributed by atoms with E-state index in [1.165, 1.54) is 18.4 Å². The molecule has 0 fully saturated rings. The predicted octanol–water partition coefficient (Wildman–Crippen LogP) is 2.30. The number of nitrogens with one attached hydrogen (secondary N) is 2. The van der Waals surface area contributed by atoms with E-state index in [0.717, 1.165) is 4.88 Å². The molecule has 0 radical (unpaired) electrons. The summed E-state index contributed by atoms with van der Waals surface area (Å²) in [7, 11) is 3.06. The molecule has 0 saturated heterocycles. The third-order valence-electron chi connectivity index (χ3n) is 2.88. The molecule has 2 amide bonds. The Kier molecular flexibility index (Phi) is 4.94. The molecule has 0 unspecified atom stereocenters. The summed E-state index contributed by atoms with van der Waals surface area (Å²) in [6.07, 6.45) is 0.317. The van der Waals surface area contributed by atoms with Gasteiger partial charge < -0.3 is 15.4 Å². The SMILES string of the molecule is CNC(=O)c1ccc(NC(=O)Cc2cccs2)c(OC)c1. The normalized spacial score (nSPS) is 10.0. The molecule has 0 bridgehead atoms. The molecule has 2 N–H and O–H groups in total. The number of carbonyl (C=O) groups excluding carboxylic acids is 2. The average molecular weight is 304 g/mol. The van der Waals surface area contributed by atoms with E-state index in [1.807, 2.05) is 17.5 Å². The fourth-order valence-corrected chi connectivity index (χ4v) is 2.55. The third kappa shape index (κ3) is 3.82. The molecule has 0 atom stereocenters. The molecule has 0 saturated carbocycles. The Bertz CT molecular complexity index is 638. The number of amides is 2. The smallest absolute Gasteiger partial charge is 0.251 e. The van der Waals surface area contributed by atoms with E-state index in [1.54, 1.807) is 25.2 Å². The second-order valence-electron chi connectivity index (χ2n) is 4.30. The van der Waals surface area contributed by atoms with Gasteiger partial charge in [-0.05, 0) is 29.6 Å². The fourth-order valence-electron chi connectivity index (χ4n) is 1.85. The first-order valence-electron chi connectivity index (χ1n) is 6.36. The van der Waals surface area contributed by atoms with Crippen LogP contribution in [0, 0.1) is 0 Å². The van der Waals surface area contributed by atoms with Crippen LogP contribution in [0.25, 0.3) is 0 Å². The van der Waals surface area contributed by atoms with Crippen LogP contribution in [0.4, 0.5) is 5.69 Å². The van der Waals surface area contributed by atoms with Gasteiger partial charge in [-0.15, -0.1) is 11.3 Å². The standard InChI is InChI=1S/C15H16N2O3S/c1-16-15(19)10-5-6-12(13(8-10)20-2)17-14(18)9-11-4-3-7-21-11/h3-8H,9H2,1-2H3,(H,16,19)(H,17,18). The molecule has 5 nitrogen and oxygen atoms in total. The van der Waals surface area contributed by atoms with Crippen molar-refractivity contribution in [1.82, 2.24) is 5.32 Å². The van der Waals surface area contributed by atoms with Gasteiger partial charge in [0.25, 0.3) is 5.91 Å². The zero-order valence-electron chi connectivity index (χ0n) is 11.8. The summed E-state index contributed by atoms with van der Waals surface area (Å²) >= 11 is 1.54. The fraction of sp³-hybridized carbons (Fsp3) is 0.200. The Morgan fingerprint density at radius 2 is 2.10 bits per heavy atom. The first kappa shape index (κ1) is 15.1. The zero-order chi connectivity index (χ0) is 15.2. The van der Waals surface area contributed by atoms with E-state index in [2.05, 4.69) is 10.6 Å². The van der Waals surface area contributed by atoms with Crippen LogP contribution in [0.15, 0.2) is 35.7 Å². The second kappa shape index (κ2) is 6.90. The average Bonchev–Trinajstić information content (AvgIpc) is 2.99. The summed E-state index contributed by atoms with van der Waals surface area (Å²) in [5.41, 5.74) is 1.03. The van der Waals surface area contributed by atoms with Gasteiger partial charge in [0.1, 0.15) is 5.75 Å². The maximum Gasteiger partial charge on any atom is 0.251 e. The van der Waals surface area contributed by atoms with Crippen molar-refractivity contribution >= 4 is 28.8 Å². The number of benzene rings is 1. The zero-order valence-corrected chi connectivity index (χ0v) is 12.6. The van der Waals surface area contributed by atoms with E-state index in [4.69, 9.17) is 4.74 Å². The van der Waals surface area contributed by atoms with E-state index < -0.39 is 0 Å². The highest BCUT2D eigenvalue weighted by atomic mass is 32.1. The van der Waals surface area contributed by atoms with Crippen LogP contribution in [0.5, 0.6) is 5.75 Å². The van der Waals surface area contributed by atoms with Gasteiger partial charge in [-0.25, -0.2) is 0 Å². The summed E-state index contributed by atoms with van der Waals surface area (Å²) in [6, 6.07) is 8.72. The molecule has 0 spiro atoms. The van der Waals surface area contributed by atoms with Crippen LogP contribution >= 0.6 is 11.3 Å². The van der Waals surface area contributed by atoms with Crippen LogP contribution in [-0.2, 0) is 11.2 Å². The Morgan fingerprint density at radius 3 is 2.71 bits per heavy atom. The van der Waals surface area contributed by atoms with Gasteiger partial charge >= 0.3 is 0 Å². The number of anilines is 1. The van der Waals surface area contributed by atoms with E-state index in [0.29, 0.717) is 23.4 Å². The van der Waals surface area contributed by atoms with E-state index in [9.17, 15) is 9.59 Å². The minimum absolute atomic E-state index is 0.122. The van der Waals surface area contributed by atoms with Crippen LogP contribution in [0.2, 0.25) is 0 Å². The third-order valence-corrected chi connectivity index (χ3v) is 3.76. The van der Waals surface area contributed by atoms with Crippen molar-refractivity contribution in [3.63, 3.8) is 0 Å². The Morgan fingerprint density at radius 1 is 1.29 bits per heavy atom. The minimum Gasteiger partial charge on any atom is -0.495 e. The van der Waals surface area contributed by atoms with Gasteiger partial charge in [-0.3, -0.25) is 9.59 Å². The largest absolute Gasteiger partial charge is 0.495 e. The second-order valence-corrected chi connectivity index (χ2v) is 5.33. The lowest BCUT2D eigenvalue weighted by Crippen LogP contribution is -2.18. The highest BCUT2D eigenvalue weighted by Gasteiger charge is 2.12. The Labute approximate surface area is 126 Å². The Hall–Kier alpha value is -2.34. The number of thiophene rings is 1. The first-order chi connectivity index (χ1) is 10.1. The number of methoxy groups -OCH3 is 1.